The number of ether oxygens (including phenoxy) is 1. The fourth-order valence-electron chi connectivity index (χ4n) is 4.31. The molecular formula is C26H31FN8OS. The average Bonchev–Trinajstić information content (AvgIpc) is 3.54. The molecule has 5 rings (SSSR count). The van der Waals surface area contributed by atoms with Crippen LogP contribution in [-0.4, -0.2) is 57.0 Å². The molecular weight excluding hydrogens is 491 g/mol. The van der Waals surface area contributed by atoms with Crippen molar-refractivity contribution in [1.29, 1.82) is 0 Å². The molecule has 0 saturated heterocycles. The van der Waals surface area contributed by atoms with Crippen LogP contribution in [0, 0.1) is 19.7 Å². The third-order valence-corrected chi connectivity index (χ3v) is 7.14. The van der Waals surface area contributed by atoms with Gasteiger partial charge in [-0.05, 0) is 57.1 Å². The van der Waals surface area contributed by atoms with Crippen molar-refractivity contribution in [2.24, 2.45) is 0 Å². The largest absolute Gasteiger partial charge is 0.383 e. The van der Waals surface area contributed by atoms with Crippen LogP contribution in [0.1, 0.15) is 35.7 Å². The van der Waals surface area contributed by atoms with E-state index in [-0.39, 0.29) is 5.82 Å². The van der Waals surface area contributed by atoms with E-state index in [1.165, 1.54) is 17.8 Å². The van der Waals surface area contributed by atoms with Gasteiger partial charge in [0.15, 0.2) is 5.82 Å². The van der Waals surface area contributed by atoms with Crippen molar-refractivity contribution < 1.29 is 9.13 Å². The van der Waals surface area contributed by atoms with E-state index in [0.717, 1.165) is 45.9 Å². The molecule has 0 aliphatic heterocycles. The van der Waals surface area contributed by atoms with Gasteiger partial charge in [-0.3, -0.25) is 9.78 Å². The summed E-state index contributed by atoms with van der Waals surface area (Å²) in [6.45, 7) is 5.12. The van der Waals surface area contributed by atoms with Gasteiger partial charge >= 0.3 is 0 Å². The number of aromatic nitrogens is 6. The minimum atomic E-state index is -0.327. The van der Waals surface area contributed by atoms with Crippen molar-refractivity contribution in [3.63, 3.8) is 0 Å². The van der Waals surface area contributed by atoms with E-state index in [1.807, 2.05) is 43.1 Å². The second-order valence-electron chi connectivity index (χ2n) is 9.23. The Hall–Kier alpha value is -3.44. The lowest BCUT2D eigenvalue weighted by atomic mass is 10.0. The second-order valence-corrected chi connectivity index (χ2v) is 10.1. The van der Waals surface area contributed by atoms with Crippen molar-refractivity contribution in [2.45, 2.75) is 44.0 Å². The molecule has 11 heteroatoms. The fraction of sp³-hybridized carbons (Fsp3) is 0.385. The summed E-state index contributed by atoms with van der Waals surface area (Å²) in [4.78, 5) is 12.5. The summed E-state index contributed by atoms with van der Waals surface area (Å²) in [5, 5.41) is 15.4. The van der Waals surface area contributed by atoms with Gasteiger partial charge in [0, 0.05) is 48.1 Å². The second kappa shape index (κ2) is 10.5. The van der Waals surface area contributed by atoms with Gasteiger partial charge in [-0.15, -0.1) is 11.8 Å². The van der Waals surface area contributed by atoms with Crippen LogP contribution >= 0.6 is 11.8 Å². The number of aryl methyl sites for hydroxylation is 2. The summed E-state index contributed by atoms with van der Waals surface area (Å²) in [5.41, 5.74) is 4.96. The van der Waals surface area contributed by atoms with Gasteiger partial charge in [-0.2, -0.15) is 15.2 Å². The predicted octanol–water partition coefficient (Wildman–Crippen LogP) is 5.58. The average molecular weight is 523 g/mol. The highest BCUT2D eigenvalue weighted by Crippen LogP contribution is 2.48. The zero-order valence-corrected chi connectivity index (χ0v) is 22.5. The molecule has 0 unspecified atom stereocenters. The first-order valence-corrected chi connectivity index (χ1v) is 13.4. The monoisotopic (exact) mass is 522 g/mol. The van der Waals surface area contributed by atoms with Gasteiger partial charge in [0.1, 0.15) is 11.6 Å². The first-order chi connectivity index (χ1) is 17.9. The first kappa shape index (κ1) is 25.2. The number of methoxy groups -OCH3 is 1. The van der Waals surface area contributed by atoms with Crippen LogP contribution in [0.5, 0.6) is 0 Å². The van der Waals surface area contributed by atoms with Crippen LogP contribution < -0.4 is 10.2 Å². The molecule has 0 radical (unpaired) electrons. The summed E-state index contributed by atoms with van der Waals surface area (Å²) in [6.07, 6.45) is 6.04. The highest BCUT2D eigenvalue weighted by atomic mass is 32.2. The molecule has 1 fully saturated rings. The number of aromatic amines is 1. The maximum Gasteiger partial charge on any atom is 0.232 e. The molecule has 4 aromatic rings. The molecule has 1 aliphatic carbocycles. The minimum absolute atomic E-state index is 0.327. The number of nitrogens with zero attached hydrogens (tertiary/aromatic N) is 6. The number of H-pyrrole nitrogens is 1. The molecule has 2 N–H and O–H groups in total. The molecule has 37 heavy (non-hydrogen) atoms. The maximum absolute atomic E-state index is 15.1. The SMILES string of the molecule is COCCn1cc(-c2nc(N(C)c3ccc(SC)cc3F)nc(Nc3cc(C)[nH]n3)c2C2CC2)c(C)n1. The van der Waals surface area contributed by atoms with E-state index in [2.05, 4.69) is 15.5 Å². The van der Waals surface area contributed by atoms with Crippen molar-refractivity contribution in [1.82, 2.24) is 29.9 Å². The molecule has 0 spiro atoms. The van der Waals surface area contributed by atoms with Crippen molar-refractivity contribution in [3.05, 3.63) is 53.2 Å². The highest BCUT2D eigenvalue weighted by molar-refractivity contribution is 7.98. The molecule has 0 bridgehead atoms. The predicted molar refractivity (Wildman–Crippen MR) is 145 cm³/mol. The summed E-state index contributed by atoms with van der Waals surface area (Å²) in [5.74, 6) is 1.73. The lowest BCUT2D eigenvalue weighted by Crippen LogP contribution is -2.17. The molecule has 1 aliphatic rings. The number of anilines is 4. The normalized spacial score (nSPS) is 13.2. The van der Waals surface area contributed by atoms with E-state index in [4.69, 9.17) is 19.8 Å². The van der Waals surface area contributed by atoms with Gasteiger partial charge in [0.2, 0.25) is 5.95 Å². The number of hydrogen-bond donors (Lipinski definition) is 2. The zero-order chi connectivity index (χ0) is 26.1. The molecule has 0 atom stereocenters. The van der Waals surface area contributed by atoms with Crippen LogP contribution in [0.3, 0.4) is 0 Å². The third-order valence-electron chi connectivity index (χ3n) is 6.41. The van der Waals surface area contributed by atoms with Crippen LogP contribution in [0.4, 0.5) is 27.7 Å². The summed E-state index contributed by atoms with van der Waals surface area (Å²) >= 11 is 1.50. The van der Waals surface area contributed by atoms with E-state index >= 15 is 4.39 Å². The first-order valence-electron chi connectivity index (χ1n) is 12.2. The van der Waals surface area contributed by atoms with Gasteiger partial charge in [-0.25, -0.2) is 9.37 Å². The van der Waals surface area contributed by atoms with E-state index in [9.17, 15) is 0 Å². The fourth-order valence-corrected chi connectivity index (χ4v) is 4.74. The molecule has 0 amide bonds. The molecule has 3 heterocycles. The number of nitrogens with one attached hydrogen (secondary N) is 2. The van der Waals surface area contributed by atoms with Crippen LogP contribution in [0.15, 0.2) is 35.4 Å². The summed E-state index contributed by atoms with van der Waals surface area (Å²) in [6, 6.07) is 7.12. The summed E-state index contributed by atoms with van der Waals surface area (Å²) in [7, 11) is 3.46. The molecule has 194 valence electrons. The van der Waals surface area contributed by atoms with E-state index < -0.39 is 0 Å². The van der Waals surface area contributed by atoms with Crippen molar-refractivity contribution in [2.75, 3.05) is 37.2 Å². The molecule has 3 aromatic heterocycles. The topological polar surface area (TPSA) is 96.8 Å². The van der Waals surface area contributed by atoms with Gasteiger partial charge in [-0.1, -0.05) is 0 Å². The van der Waals surface area contributed by atoms with Crippen LogP contribution in [-0.2, 0) is 11.3 Å². The standard InChI is InChI=1S/C26H31FN8OS/c1-15-12-22(32-31-15)28-25-23(17-6-7-17)24(19-14-35(10-11-36-4)33-16(19)2)29-26(30-25)34(3)21-9-8-18(37-5)13-20(21)27/h8-9,12-14,17H,6-7,10-11H2,1-5H3,(H2,28,29,30,31,32). The summed E-state index contributed by atoms with van der Waals surface area (Å²) < 4.78 is 22.2. The van der Waals surface area contributed by atoms with Crippen LogP contribution in [0.25, 0.3) is 11.3 Å². The highest BCUT2D eigenvalue weighted by Gasteiger charge is 2.33. The number of hydrogen-bond acceptors (Lipinski definition) is 8. The quantitative estimate of drug-likeness (QED) is 0.261. The van der Waals surface area contributed by atoms with Crippen LogP contribution in [0.2, 0.25) is 0 Å². The zero-order valence-electron chi connectivity index (χ0n) is 21.7. The molecule has 9 nitrogen and oxygen atoms in total. The Morgan fingerprint density at radius 2 is 2.05 bits per heavy atom. The van der Waals surface area contributed by atoms with Gasteiger partial charge < -0.3 is 15.0 Å². The number of halogens is 1. The number of rotatable bonds is 10. The van der Waals surface area contributed by atoms with E-state index in [0.29, 0.717) is 42.3 Å². The number of thioether (sulfide) groups is 1. The Balaban J connectivity index is 1.65. The van der Waals surface area contributed by atoms with Crippen molar-refractivity contribution >= 4 is 35.0 Å². The Bertz CT molecular complexity index is 1410. The van der Waals surface area contributed by atoms with E-state index in [1.54, 1.807) is 25.1 Å². The molecule has 1 saturated carbocycles. The Labute approximate surface area is 219 Å². The minimum Gasteiger partial charge on any atom is -0.383 e. The Kier molecular flexibility index (Phi) is 7.16. The molecule has 1 aromatic carbocycles. The van der Waals surface area contributed by atoms with Gasteiger partial charge in [0.25, 0.3) is 0 Å². The lowest BCUT2D eigenvalue weighted by Gasteiger charge is -2.22. The Morgan fingerprint density at radius 3 is 2.70 bits per heavy atom. The van der Waals surface area contributed by atoms with Gasteiger partial charge in [0.05, 0.1) is 30.2 Å². The number of benzene rings is 1. The Morgan fingerprint density at radius 1 is 1.24 bits per heavy atom. The maximum atomic E-state index is 15.1. The van der Waals surface area contributed by atoms with Crippen molar-refractivity contribution in [3.8, 4) is 11.3 Å². The lowest BCUT2D eigenvalue weighted by molar-refractivity contribution is 0.183. The third kappa shape index (κ3) is 5.33. The smallest absolute Gasteiger partial charge is 0.232 e.